The van der Waals surface area contributed by atoms with Crippen LogP contribution in [0.4, 0.5) is 0 Å². The first-order chi connectivity index (χ1) is 11.1. The molecule has 2 heterocycles. The van der Waals surface area contributed by atoms with Crippen molar-refractivity contribution in [1.82, 2.24) is 9.80 Å². The lowest BCUT2D eigenvalue weighted by atomic mass is 9.90. The van der Waals surface area contributed by atoms with Gasteiger partial charge in [-0.3, -0.25) is 9.59 Å². The predicted molar refractivity (Wildman–Crippen MR) is 87.3 cm³/mol. The minimum absolute atomic E-state index is 0.0544. The number of morpholine rings is 1. The van der Waals surface area contributed by atoms with E-state index in [1.54, 1.807) is 16.7 Å². The molecule has 0 radical (unpaired) electrons. The van der Waals surface area contributed by atoms with Crippen molar-refractivity contribution in [2.75, 3.05) is 26.2 Å². The number of nitrogens with zero attached hydrogens (tertiary/aromatic N) is 2. The van der Waals surface area contributed by atoms with E-state index in [1.807, 2.05) is 20.8 Å². The van der Waals surface area contributed by atoms with Gasteiger partial charge in [0.05, 0.1) is 18.6 Å². The Hall–Kier alpha value is -1.63. The van der Waals surface area contributed by atoms with Crippen molar-refractivity contribution in [2.45, 2.75) is 52.7 Å². The van der Waals surface area contributed by atoms with Crippen molar-refractivity contribution in [3.63, 3.8) is 0 Å². The lowest BCUT2D eigenvalue weighted by Crippen LogP contribution is -2.55. The van der Waals surface area contributed by atoms with E-state index in [4.69, 9.17) is 9.84 Å². The topological polar surface area (TPSA) is 87.2 Å². The summed E-state index contributed by atoms with van der Waals surface area (Å²) in [7, 11) is 0. The number of likely N-dealkylation sites (tertiary alicyclic amines) is 1. The Bertz CT molecular complexity index is 514. The van der Waals surface area contributed by atoms with E-state index in [1.165, 1.54) is 0 Å². The lowest BCUT2D eigenvalue weighted by molar-refractivity contribution is -0.168. The highest BCUT2D eigenvalue weighted by molar-refractivity contribution is 5.84. The van der Waals surface area contributed by atoms with Gasteiger partial charge in [-0.15, -0.1) is 0 Å². The number of carboxylic acid groups (broad SMARTS) is 1. The number of rotatable bonds is 2. The molecule has 7 nitrogen and oxygen atoms in total. The molecule has 1 N–H and O–H groups in total. The maximum atomic E-state index is 12.8. The van der Waals surface area contributed by atoms with Crippen molar-refractivity contribution in [1.29, 1.82) is 0 Å². The molecule has 2 rings (SSSR count). The molecule has 136 valence electrons. The number of hydrogen-bond acceptors (Lipinski definition) is 4. The average molecular weight is 340 g/mol. The number of carbonyl (C=O) groups is 3. The molecule has 0 aromatic heterocycles. The largest absolute Gasteiger partial charge is 0.479 e. The SMILES string of the molecule is C[C@@H]1CN(C(=O)C2CCCN(C(=O)C(C)(C)C)C2)CC(C(=O)O)O1. The molecular formula is C17H28N2O5. The van der Waals surface area contributed by atoms with Crippen LogP contribution >= 0.6 is 0 Å². The van der Waals surface area contributed by atoms with Crippen LogP contribution in [0.25, 0.3) is 0 Å². The molecule has 2 saturated heterocycles. The summed E-state index contributed by atoms with van der Waals surface area (Å²) in [5, 5.41) is 9.15. The van der Waals surface area contributed by atoms with Gasteiger partial charge >= 0.3 is 5.97 Å². The van der Waals surface area contributed by atoms with Crippen molar-refractivity contribution >= 4 is 17.8 Å². The van der Waals surface area contributed by atoms with Gasteiger partial charge in [-0.25, -0.2) is 4.79 Å². The second-order valence-electron chi connectivity index (χ2n) is 7.86. The third-order valence-electron chi connectivity index (χ3n) is 4.55. The number of carbonyl (C=O) groups excluding carboxylic acids is 2. The number of hydrogen-bond donors (Lipinski definition) is 1. The maximum Gasteiger partial charge on any atom is 0.334 e. The summed E-state index contributed by atoms with van der Waals surface area (Å²) in [5.41, 5.74) is -0.465. The van der Waals surface area contributed by atoms with Gasteiger partial charge in [-0.05, 0) is 19.8 Å². The summed E-state index contributed by atoms with van der Waals surface area (Å²) in [6, 6.07) is 0. The maximum absolute atomic E-state index is 12.8. The van der Waals surface area contributed by atoms with E-state index < -0.39 is 17.5 Å². The fraction of sp³-hybridized carbons (Fsp3) is 0.824. The highest BCUT2D eigenvalue weighted by Gasteiger charge is 2.38. The van der Waals surface area contributed by atoms with E-state index in [9.17, 15) is 14.4 Å². The predicted octanol–water partition coefficient (Wildman–Crippen LogP) is 0.972. The van der Waals surface area contributed by atoms with Crippen LogP contribution in [-0.2, 0) is 19.1 Å². The molecule has 2 aliphatic heterocycles. The molecule has 0 aromatic rings. The Morgan fingerprint density at radius 1 is 1.08 bits per heavy atom. The number of amides is 2. The van der Waals surface area contributed by atoms with Gasteiger partial charge in [0.1, 0.15) is 0 Å². The minimum atomic E-state index is -1.05. The van der Waals surface area contributed by atoms with Crippen LogP contribution in [0, 0.1) is 11.3 Å². The molecule has 2 aliphatic rings. The van der Waals surface area contributed by atoms with E-state index >= 15 is 0 Å². The molecule has 0 aliphatic carbocycles. The van der Waals surface area contributed by atoms with Gasteiger partial charge in [0.25, 0.3) is 0 Å². The number of piperidine rings is 1. The first-order valence-electron chi connectivity index (χ1n) is 8.56. The molecule has 0 bridgehead atoms. The molecule has 0 spiro atoms. The second kappa shape index (κ2) is 7.09. The van der Waals surface area contributed by atoms with Crippen LogP contribution < -0.4 is 0 Å². The average Bonchev–Trinajstić information content (AvgIpc) is 2.52. The molecule has 2 fully saturated rings. The second-order valence-corrected chi connectivity index (χ2v) is 7.86. The standard InChI is InChI=1S/C17H28N2O5/c1-11-8-19(10-13(24-11)15(21)22)14(20)12-6-5-7-18(9-12)16(23)17(2,3)4/h11-13H,5-10H2,1-4H3,(H,21,22)/t11-,12?,13?/m1/s1. The molecule has 7 heteroatoms. The van der Waals surface area contributed by atoms with E-state index in [2.05, 4.69) is 0 Å². The molecule has 2 amide bonds. The van der Waals surface area contributed by atoms with Crippen LogP contribution in [0.5, 0.6) is 0 Å². The fourth-order valence-corrected chi connectivity index (χ4v) is 3.36. The monoisotopic (exact) mass is 340 g/mol. The fourth-order valence-electron chi connectivity index (χ4n) is 3.36. The van der Waals surface area contributed by atoms with Gasteiger partial charge < -0.3 is 19.6 Å². The van der Waals surface area contributed by atoms with Gasteiger partial charge in [0, 0.05) is 25.0 Å². The van der Waals surface area contributed by atoms with Crippen LogP contribution in [-0.4, -0.2) is 71.1 Å². The normalized spacial score (nSPS) is 28.6. The molecule has 3 atom stereocenters. The summed E-state index contributed by atoms with van der Waals surface area (Å²) in [6.45, 7) is 8.96. The van der Waals surface area contributed by atoms with Gasteiger partial charge in [-0.1, -0.05) is 20.8 Å². The van der Waals surface area contributed by atoms with Gasteiger partial charge in [-0.2, -0.15) is 0 Å². The zero-order valence-corrected chi connectivity index (χ0v) is 14.9. The van der Waals surface area contributed by atoms with Gasteiger partial charge in [0.2, 0.25) is 11.8 Å². The summed E-state index contributed by atoms with van der Waals surface area (Å²) < 4.78 is 5.36. The number of aliphatic carboxylic acids is 1. The lowest BCUT2D eigenvalue weighted by Gasteiger charge is -2.40. The third kappa shape index (κ3) is 4.26. The Morgan fingerprint density at radius 2 is 1.75 bits per heavy atom. The zero-order valence-electron chi connectivity index (χ0n) is 14.9. The first-order valence-corrected chi connectivity index (χ1v) is 8.56. The van der Waals surface area contributed by atoms with Crippen molar-refractivity contribution in [3.8, 4) is 0 Å². The summed E-state index contributed by atoms with van der Waals surface area (Å²) in [4.78, 5) is 39.8. The van der Waals surface area contributed by atoms with Crippen molar-refractivity contribution in [2.24, 2.45) is 11.3 Å². The minimum Gasteiger partial charge on any atom is -0.479 e. The van der Waals surface area contributed by atoms with Crippen molar-refractivity contribution in [3.05, 3.63) is 0 Å². The third-order valence-corrected chi connectivity index (χ3v) is 4.55. The Kier molecular flexibility index (Phi) is 5.52. The summed E-state index contributed by atoms with van der Waals surface area (Å²) >= 11 is 0. The van der Waals surface area contributed by atoms with E-state index in [0.29, 0.717) is 19.6 Å². The smallest absolute Gasteiger partial charge is 0.334 e. The highest BCUT2D eigenvalue weighted by atomic mass is 16.5. The first kappa shape index (κ1) is 18.7. The van der Waals surface area contributed by atoms with Crippen LogP contribution in [0.3, 0.4) is 0 Å². The number of carboxylic acids is 1. The van der Waals surface area contributed by atoms with E-state index in [-0.39, 0.29) is 30.4 Å². The van der Waals surface area contributed by atoms with Crippen LogP contribution in [0.2, 0.25) is 0 Å². The molecule has 24 heavy (non-hydrogen) atoms. The molecule has 0 aromatic carbocycles. The van der Waals surface area contributed by atoms with Gasteiger partial charge in [0.15, 0.2) is 6.10 Å². The molecule has 0 saturated carbocycles. The Balaban J connectivity index is 2.03. The van der Waals surface area contributed by atoms with Crippen LogP contribution in [0.15, 0.2) is 0 Å². The highest BCUT2D eigenvalue weighted by Crippen LogP contribution is 2.25. The number of ether oxygens (including phenoxy) is 1. The van der Waals surface area contributed by atoms with Crippen molar-refractivity contribution < 1.29 is 24.2 Å². The Morgan fingerprint density at radius 3 is 2.33 bits per heavy atom. The van der Waals surface area contributed by atoms with Crippen LogP contribution in [0.1, 0.15) is 40.5 Å². The summed E-state index contributed by atoms with van der Waals surface area (Å²) in [6.07, 6.45) is 0.241. The zero-order chi connectivity index (χ0) is 18.1. The summed E-state index contributed by atoms with van der Waals surface area (Å²) in [5.74, 6) is -1.32. The quantitative estimate of drug-likeness (QED) is 0.809. The Labute approximate surface area is 142 Å². The molecular weight excluding hydrogens is 312 g/mol. The van der Waals surface area contributed by atoms with E-state index in [0.717, 1.165) is 12.8 Å². The molecule has 2 unspecified atom stereocenters.